The standard InChI is InChI=1S/C18H19ClN2O5S/c1-3-26-16-10-12(9-15(19)18(16)25-2)7-8-17(22)21-13-5-4-6-14(11-13)27(20,23)24/h4-11H,3H2,1-2H3,(H,21,22)(H2,20,23,24)/b8-7+. The monoisotopic (exact) mass is 410 g/mol. The van der Waals surface area contributed by atoms with Crippen molar-refractivity contribution in [1.29, 1.82) is 0 Å². The second-order valence-corrected chi connectivity index (χ2v) is 7.33. The van der Waals surface area contributed by atoms with Crippen molar-refractivity contribution in [2.45, 2.75) is 11.8 Å². The highest BCUT2D eigenvalue weighted by Gasteiger charge is 2.11. The Morgan fingerprint density at radius 2 is 2.04 bits per heavy atom. The van der Waals surface area contributed by atoms with Crippen molar-refractivity contribution in [2.75, 3.05) is 19.0 Å². The van der Waals surface area contributed by atoms with Crippen molar-refractivity contribution in [3.05, 3.63) is 53.1 Å². The van der Waals surface area contributed by atoms with Crippen molar-refractivity contribution in [3.8, 4) is 11.5 Å². The average molecular weight is 411 g/mol. The van der Waals surface area contributed by atoms with E-state index in [0.29, 0.717) is 34.4 Å². The molecule has 0 spiro atoms. The van der Waals surface area contributed by atoms with Crippen molar-refractivity contribution < 1.29 is 22.7 Å². The Labute approximate surface area is 162 Å². The van der Waals surface area contributed by atoms with E-state index >= 15 is 0 Å². The predicted molar refractivity (Wildman–Crippen MR) is 105 cm³/mol. The average Bonchev–Trinajstić information content (AvgIpc) is 2.60. The van der Waals surface area contributed by atoms with Gasteiger partial charge in [-0.15, -0.1) is 0 Å². The van der Waals surface area contributed by atoms with Gasteiger partial charge in [0.25, 0.3) is 0 Å². The summed E-state index contributed by atoms with van der Waals surface area (Å²) in [6.45, 7) is 2.26. The minimum Gasteiger partial charge on any atom is -0.491 e. The summed E-state index contributed by atoms with van der Waals surface area (Å²) >= 11 is 6.17. The van der Waals surface area contributed by atoms with Crippen LogP contribution in [-0.2, 0) is 14.8 Å². The molecule has 0 fully saturated rings. The molecular formula is C18H19ClN2O5S. The second kappa shape index (κ2) is 8.90. The third-order valence-corrected chi connectivity index (χ3v) is 4.58. The Bertz CT molecular complexity index is 974. The largest absolute Gasteiger partial charge is 0.491 e. The fourth-order valence-corrected chi connectivity index (χ4v) is 3.11. The number of ether oxygens (including phenoxy) is 2. The molecule has 0 saturated heterocycles. The fraction of sp³-hybridized carbons (Fsp3) is 0.167. The first-order chi connectivity index (χ1) is 12.7. The second-order valence-electron chi connectivity index (χ2n) is 5.36. The van der Waals surface area contributed by atoms with Gasteiger partial charge in [-0.1, -0.05) is 17.7 Å². The molecule has 0 atom stereocenters. The lowest BCUT2D eigenvalue weighted by Gasteiger charge is -2.11. The van der Waals surface area contributed by atoms with Gasteiger partial charge >= 0.3 is 0 Å². The number of carbonyl (C=O) groups excluding carboxylic acids is 1. The molecule has 2 aromatic carbocycles. The number of nitrogens with one attached hydrogen (secondary N) is 1. The maximum Gasteiger partial charge on any atom is 0.248 e. The third kappa shape index (κ3) is 5.72. The maximum absolute atomic E-state index is 12.1. The number of primary sulfonamides is 1. The van der Waals surface area contributed by atoms with Crippen molar-refractivity contribution in [1.82, 2.24) is 0 Å². The number of hydrogen-bond acceptors (Lipinski definition) is 5. The molecule has 2 aromatic rings. The minimum absolute atomic E-state index is 0.0902. The topological polar surface area (TPSA) is 108 Å². The molecule has 9 heteroatoms. The van der Waals surface area contributed by atoms with Crippen LogP contribution in [0.15, 0.2) is 47.4 Å². The molecule has 0 heterocycles. The van der Waals surface area contributed by atoms with E-state index in [1.165, 1.54) is 31.4 Å². The van der Waals surface area contributed by atoms with Crippen molar-refractivity contribution in [2.24, 2.45) is 5.14 Å². The lowest BCUT2D eigenvalue weighted by atomic mass is 10.2. The zero-order chi connectivity index (χ0) is 20.0. The number of methoxy groups -OCH3 is 1. The van der Waals surface area contributed by atoms with Gasteiger partial charge in [0.2, 0.25) is 15.9 Å². The molecule has 27 heavy (non-hydrogen) atoms. The number of benzene rings is 2. The Hall–Kier alpha value is -2.55. The van der Waals surface area contributed by atoms with Gasteiger partial charge < -0.3 is 14.8 Å². The summed E-state index contributed by atoms with van der Waals surface area (Å²) in [5.41, 5.74) is 0.941. The van der Waals surface area contributed by atoms with Gasteiger partial charge in [-0.3, -0.25) is 4.79 Å². The molecule has 1 amide bonds. The van der Waals surface area contributed by atoms with E-state index < -0.39 is 15.9 Å². The summed E-state index contributed by atoms with van der Waals surface area (Å²) in [4.78, 5) is 12.0. The predicted octanol–water partition coefficient (Wildman–Crippen LogP) is 3.05. The molecule has 0 unspecified atom stereocenters. The Kier molecular flexibility index (Phi) is 6.84. The smallest absolute Gasteiger partial charge is 0.248 e. The molecule has 2 rings (SSSR count). The normalized spacial score (nSPS) is 11.4. The summed E-state index contributed by atoms with van der Waals surface area (Å²) in [6.07, 6.45) is 2.84. The number of sulfonamides is 1. The molecule has 3 N–H and O–H groups in total. The van der Waals surface area contributed by atoms with E-state index in [-0.39, 0.29) is 4.90 Å². The minimum atomic E-state index is -3.85. The number of hydrogen-bond donors (Lipinski definition) is 2. The van der Waals surface area contributed by atoms with E-state index in [4.69, 9.17) is 26.2 Å². The Balaban J connectivity index is 2.17. The lowest BCUT2D eigenvalue weighted by molar-refractivity contribution is -0.111. The number of anilines is 1. The number of carbonyl (C=O) groups is 1. The molecular weight excluding hydrogens is 392 g/mol. The fourth-order valence-electron chi connectivity index (χ4n) is 2.25. The summed E-state index contributed by atoms with van der Waals surface area (Å²) in [6, 6.07) is 8.98. The van der Waals surface area contributed by atoms with Crippen LogP contribution in [0.25, 0.3) is 6.08 Å². The molecule has 0 saturated carbocycles. The van der Waals surface area contributed by atoms with Gasteiger partial charge in [-0.05, 0) is 48.9 Å². The van der Waals surface area contributed by atoms with E-state index in [2.05, 4.69) is 5.32 Å². The molecule has 144 valence electrons. The van der Waals surface area contributed by atoms with Gasteiger partial charge in [0.1, 0.15) is 0 Å². The number of nitrogens with two attached hydrogens (primary N) is 1. The summed E-state index contributed by atoms with van der Waals surface area (Å²) in [7, 11) is -2.36. The van der Waals surface area contributed by atoms with Gasteiger partial charge in [0.05, 0.1) is 23.6 Å². The Morgan fingerprint density at radius 3 is 2.67 bits per heavy atom. The lowest BCUT2D eigenvalue weighted by Crippen LogP contribution is -2.13. The van der Waals surface area contributed by atoms with E-state index in [1.54, 1.807) is 24.3 Å². The first kappa shape index (κ1) is 20.8. The van der Waals surface area contributed by atoms with E-state index in [1.807, 2.05) is 6.92 Å². The van der Waals surface area contributed by atoms with Crippen molar-refractivity contribution in [3.63, 3.8) is 0 Å². The molecule has 0 aliphatic heterocycles. The first-order valence-electron chi connectivity index (χ1n) is 7.87. The molecule has 0 radical (unpaired) electrons. The highest BCUT2D eigenvalue weighted by Crippen LogP contribution is 2.36. The van der Waals surface area contributed by atoms with Crippen LogP contribution in [-0.4, -0.2) is 28.0 Å². The quantitative estimate of drug-likeness (QED) is 0.682. The summed E-state index contributed by atoms with van der Waals surface area (Å²) < 4.78 is 33.4. The van der Waals surface area contributed by atoms with Gasteiger partial charge in [0.15, 0.2) is 11.5 Å². The maximum atomic E-state index is 12.1. The van der Waals surface area contributed by atoms with Crippen molar-refractivity contribution >= 4 is 39.3 Å². The van der Waals surface area contributed by atoms with E-state index in [0.717, 1.165) is 0 Å². The van der Waals surface area contributed by atoms with Crippen LogP contribution in [0.2, 0.25) is 5.02 Å². The SMILES string of the molecule is CCOc1cc(/C=C/C(=O)Nc2cccc(S(N)(=O)=O)c2)cc(Cl)c1OC. The van der Waals surface area contributed by atoms with Crippen LogP contribution in [0.3, 0.4) is 0 Å². The van der Waals surface area contributed by atoms with Crippen LogP contribution in [0.5, 0.6) is 11.5 Å². The first-order valence-corrected chi connectivity index (χ1v) is 9.79. The molecule has 7 nitrogen and oxygen atoms in total. The zero-order valence-electron chi connectivity index (χ0n) is 14.7. The summed E-state index contributed by atoms with van der Waals surface area (Å²) in [5.74, 6) is 0.430. The number of halogens is 1. The van der Waals surface area contributed by atoms with Gasteiger partial charge in [0, 0.05) is 11.8 Å². The number of amides is 1. The highest BCUT2D eigenvalue weighted by molar-refractivity contribution is 7.89. The third-order valence-electron chi connectivity index (χ3n) is 3.39. The van der Waals surface area contributed by atoms with Gasteiger partial charge in [-0.25, -0.2) is 13.6 Å². The molecule has 0 aromatic heterocycles. The molecule has 0 aliphatic carbocycles. The van der Waals surface area contributed by atoms with Crippen LogP contribution in [0.4, 0.5) is 5.69 Å². The van der Waals surface area contributed by atoms with Crippen LogP contribution in [0.1, 0.15) is 12.5 Å². The van der Waals surface area contributed by atoms with Crippen LogP contribution in [0, 0.1) is 0 Å². The van der Waals surface area contributed by atoms with Crippen LogP contribution >= 0.6 is 11.6 Å². The van der Waals surface area contributed by atoms with Gasteiger partial charge in [-0.2, -0.15) is 0 Å². The van der Waals surface area contributed by atoms with E-state index in [9.17, 15) is 13.2 Å². The summed E-state index contributed by atoms with van der Waals surface area (Å²) in [5, 5.41) is 8.00. The molecule has 0 aliphatic rings. The molecule has 0 bridgehead atoms. The number of rotatable bonds is 7. The van der Waals surface area contributed by atoms with Crippen LogP contribution < -0.4 is 19.9 Å². The zero-order valence-corrected chi connectivity index (χ0v) is 16.3. The highest BCUT2D eigenvalue weighted by atomic mass is 35.5. The Morgan fingerprint density at radius 1 is 1.30 bits per heavy atom.